The summed E-state index contributed by atoms with van der Waals surface area (Å²) in [6.07, 6.45) is 1.22. The van der Waals surface area contributed by atoms with Crippen LogP contribution >= 0.6 is 0 Å². The van der Waals surface area contributed by atoms with Gasteiger partial charge in [-0.25, -0.2) is 0 Å². The van der Waals surface area contributed by atoms with Crippen molar-refractivity contribution < 1.29 is 0 Å². The molecule has 3 heteroatoms. The highest BCUT2D eigenvalue weighted by Crippen LogP contribution is 2.21. The molecular formula is C16H23N3. The van der Waals surface area contributed by atoms with Crippen molar-refractivity contribution in [1.29, 1.82) is 5.26 Å². The number of hydrogen-bond donors (Lipinski definition) is 0. The highest BCUT2D eigenvalue weighted by molar-refractivity contribution is 5.53. The van der Waals surface area contributed by atoms with Crippen LogP contribution in [-0.4, -0.2) is 37.1 Å². The number of aryl methyl sites for hydroxylation is 1. The quantitative estimate of drug-likeness (QED) is 0.834. The Balaban J connectivity index is 2.02. The molecule has 1 aromatic carbocycles. The van der Waals surface area contributed by atoms with Gasteiger partial charge in [-0.15, -0.1) is 0 Å². The summed E-state index contributed by atoms with van der Waals surface area (Å²) >= 11 is 0. The van der Waals surface area contributed by atoms with E-state index in [4.69, 9.17) is 5.26 Å². The summed E-state index contributed by atoms with van der Waals surface area (Å²) < 4.78 is 0. The van der Waals surface area contributed by atoms with Gasteiger partial charge in [-0.3, -0.25) is 4.90 Å². The summed E-state index contributed by atoms with van der Waals surface area (Å²) in [4.78, 5) is 4.99. The van der Waals surface area contributed by atoms with Crippen LogP contribution < -0.4 is 4.90 Å². The number of nitriles is 1. The molecule has 3 nitrogen and oxygen atoms in total. The number of rotatable bonds is 3. The van der Waals surface area contributed by atoms with Gasteiger partial charge in [-0.05, 0) is 44.0 Å². The molecular weight excluding hydrogens is 234 g/mol. The van der Waals surface area contributed by atoms with E-state index in [9.17, 15) is 0 Å². The van der Waals surface area contributed by atoms with Gasteiger partial charge in [0.05, 0.1) is 11.6 Å². The van der Waals surface area contributed by atoms with Gasteiger partial charge in [0.25, 0.3) is 0 Å². The molecule has 1 unspecified atom stereocenters. The van der Waals surface area contributed by atoms with Gasteiger partial charge in [0.1, 0.15) is 0 Å². The Kier molecular flexibility index (Phi) is 4.44. The Bertz CT molecular complexity index is 467. The van der Waals surface area contributed by atoms with E-state index >= 15 is 0 Å². The number of piperazine rings is 1. The summed E-state index contributed by atoms with van der Waals surface area (Å²) in [6.45, 7) is 11.0. The van der Waals surface area contributed by atoms with Crippen LogP contribution in [0.1, 0.15) is 31.4 Å². The summed E-state index contributed by atoms with van der Waals surface area (Å²) in [5, 5.41) is 8.97. The SMILES string of the molecule is CCC(C)N1CCN(c2ccc(C#N)c(C)c2)CC1. The van der Waals surface area contributed by atoms with Crippen molar-refractivity contribution in [2.75, 3.05) is 31.1 Å². The Morgan fingerprint density at radius 1 is 1.26 bits per heavy atom. The minimum atomic E-state index is 0.685. The molecule has 0 aliphatic carbocycles. The van der Waals surface area contributed by atoms with Crippen LogP contribution in [0.25, 0.3) is 0 Å². The second-order valence-electron chi connectivity index (χ2n) is 5.39. The molecule has 0 radical (unpaired) electrons. The average Bonchev–Trinajstić information content (AvgIpc) is 2.46. The van der Waals surface area contributed by atoms with E-state index in [1.54, 1.807) is 0 Å². The van der Waals surface area contributed by atoms with Crippen molar-refractivity contribution in [2.24, 2.45) is 0 Å². The summed E-state index contributed by atoms with van der Waals surface area (Å²) in [5.74, 6) is 0. The summed E-state index contributed by atoms with van der Waals surface area (Å²) in [6, 6.07) is 9.06. The van der Waals surface area contributed by atoms with Gasteiger partial charge in [0.2, 0.25) is 0 Å². The van der Waals surface area contributed by atoms with Crippen LogP contribution in [0.5, 0.6) is 0 Å². The van der Waals surface area contributed by atoms with Crippen molar-refractivity contribution in [3.63, 3.8) is 0 Å². The van der Waals surface area contributed by atoms with E-state index in [1.807, 2.05) is 13.0 Å². The minimum Gasteiger partial charge on any atom is -0.369 e. The second-order valence-corrected chi connectivity index (χ2v) is 5.39. The molecule has 0 spiro atoms. The molecule has 0 bridgehead atoms. The van der Waals surface area contributed by atoms with E-state index in [-0.39, 0.29) is 0 Å². The minimum absolute atomic E-state index is 0.685. The van der Waals surface area contributed by atoms with Gasteiger partial charge in [-0.2, -0.15) is 5.26 Å². The highest BCUT2D eigenvalue weighted by Gasteiger charge is 2.20. The zero-order chi connectivity index (χ0) is 13.8. The average molecular weight is 257 g/mol. The molecule has 1 aromatic rings. The van der Waals surface area contributed by atoms with Gasteiger partial charge < -0.3 is 4.90 Å². The predicted octanol–water partition coefficient (Wildman–Crippen LogP) is 2.79. The molecule has 102 valence electrons. The third-order valence-corrected chi connectivity index (χ3v) is 4.22. The molecule has 0 saturated carbocycles. The van der Waals surface area contributed by atoms with E-state index in [1.165, 1.54) is 12.1 Å². The van der Waals surface area contributed by atoms with Crippen molar-refractivity contribution in [3.05, 3.63) is 29.3 Å². The number of anilines is 1. The standard InChI is InChI=1S/C16H23N3/c1-4-14(3)18-7-9-19(10-8-18)16-6-5-15(12-17)13(2)11-16/h5-6,11,14H,4,7-10H2,1-3H3. The highest BCUT2D eigenvalue weighted by atomic mass is 15.3. The molecule has 19 heavy (non-hydrogen) atoms. The lowest BCUT2D eigenvalue weighted by Crippen LogP contribution is -2.49. The van der Waals surface area contributed by atoms with Crippen LogP contribution in [0.3, 0.4) is 0 Å². The van der Waals surface area contributed by atoms with Crippen molar-refractivity contribution >= 4 is 5.69 Å². The Hall–Kier alpha value is -1.53. The van der Waals surface area contributed by atoms with Gasteiger partial charge >= 0.3 is 0 Å². The fraction of sp³-hybridized carbons (Fsp3) is 0.562. The van der Waals surface area contributed by atoms with E-state index in [2.05, 4.69) is 41.8 Å². The summed E-state index contributed by atoms with van der Waals surface area (Å²) in [5.41, 5.74) is 3.10. The molecule has 0 amide bonds. The van der Waals surface area contributed by atoms with Crippen molar-refractivity contribution in [3.8, 4) is 6.07 Å². The Morgan fingerprint density at radius 2 is 1.95 bits per heavy atom. The largest absolute Gasteiger partial charge is 0.369 e. The first kappa shape index (κ1) is 13.9. The number of benzene rings is 1. The van der Waals surface area contributed by atoms with Crippen molar-refractivity contribution in [1.82, 2.24) is 4.90 Å². The van der Waals surface area contributed by atoms with Crippen LogP contribution in [-0.2, 0) is 0 Å². The first-order valence-corrected chi connectivity index (χ1v) is 7.15. The number of hydrogen-bond acceptors (Lipinski definition) is 3. The lowest BCUT2D eigenvalue weighted by molar-refractivity contribution is 0.193. The Morgan fingerprint density at radius 3 is 2.47 bits per heavy atom. The van der Waals surface area contributed by atoms with Crippen LogP contribution in [0, 0.1) is 18.3 Å². The first-order chi connectivity index (χ1) is 9.15. The van der Waals surface area contributed by atoms with Gasteiger partial charge in [0.15, 0.2) is 0 Å². The van der Waals surface area contributed by atoms with E-state index in [0.717, 1.165) is 37.3 Å². The second kappa shape index (κ2) is 6.08. The number of nitrogens with zero attached hydrogens (tertiary/aromatic N) is 3. The van der Waals surface area contributed by atoms with Gasteiger partial charge in [-0.1, -0.05) is 6.92 Å². The fourth-order valence-electron chi connectivity index (χ4n) is 2.65. The maximum absolute atomic E-state index is 8.97. The Labute approximate surface area is 116 Å². The zero-order valence-electron chi connectivity index (χ0n) is 12.2. The van der Waals surface area contributed by atoms with E-state index in [0.29, 0.717) is 6.04 Å². The first-order valence-electron chi connectivity index (χ1n) is 7.15. The van der Waals surface area contributed by atoms with E-state index < -0.39 is 0 Å². The zero-order valence-corrected chi connectivity index (χ0v) is 12.2. The summed E-state index contributed by atoms with van der Waals surface area (Å²) in [7, 11) is 0. The molecule has 1 fully saturated rings. The molecule has 1 aliphatic rings. The predicted molar refractivity (Wildman–Crippen MR) is 79.4 cm³/mol. The van der Waals surface area contributed by atoms with Crippen LogP contribution in [0.4, 0.5) is 5.69 Å². The lowest BCUT2D eigenvalue weighted by atomic mass is 10.1. The molecule has 1 heterocycles. The van der Waals surface area contributed by atoms with Crippen molar-refractivity contribution in [2.45, 2.75) is 33.2 Å². The molecule has 1 atom stereocenters. The third-order valence-electron chi connectivity index (χ3n) is 4.22. The fourth-order valence-corrected chi connectivity index (χ4v) is 2.65. The maximum Gasteiger partial charge on any atom is 0.0994 e. The molecule has 2 rings (SSSR count). The normalized spacial score (nSPS) is 18.1. The molecule has 1 aliphatic heterocycles. The molecule has 0 N–H and O–H groups in total. The van der Waals surface area contributed by atoms with Crippen LogP contribution in [0.15, 0.2) is 18.2 Å². The smallest absolute Gasteiger partial charge is 0.0994 e. The maximum atomic E-state index is 8.97. The third kappa shape index (κ3) is 3.08. The van der Waals surface area contributed by atoms with Crippen LogP contribution in [0.2, 0.25) is 0 Å². The molecule has 0 aromatic heterocycles. The lowest BCUT2D eigenvalue weighted by Gasteiger charge is -2.39. The monoisotopic (exact) mass is 257 g/mol. The van der Waals surface area contributed by atoms with Gasteiger partial charge in [0, 0.05) is 37.9 Å². The topological polar surface area (TPSA) is 30.3 Å². The molecule has 1 saturated heterocycles.